The lowest BCUT2D eigenvalue weighted by atomic mass is 10.1. The molecule has 108 valence electrons. The highest BCUT2D eigenvalue weighted by Crippen LogP contribution is 2.20. The molecule has 20 heavy (non-hydrogen) atoms. The van der Waals surface area contributed by atoms with Crippen LogP contribution in [0.25, 0.3) is 0 Å². The maximum atomic E-state index is 12.4. The number of likely N-dealkylation sites (tertiary alicyclic amines) is 1. The lowest BCUT2D eigenvalue weighted by Gasteiger charge is -2.26. The van der Waals surface area contributed by atoms with Gasteiger partial charge < -0.3 is 10.2 Å². The summed E-state index contributed by atoms with van der Waals surface area (Å²) < 4.78 is 0. The monoisotopic (exact) mass is 273 g/mol. The first kappa shape index (κ1) is 13.6. The highest BCUT2D eigenvalue weighted by atomic mass is 16.2. The van der Waals surface area contributed by atoms with E-state index in [0.29, 0.717) is 18.6 Å². The SMILES string of the molecule is CN(C(=O)CN1CCC2CCC(C1)N2)c1ccccc1. The summed E-state index contributed by atoms with van der Waals surface area (Å²) in [6.07, 6.45) is 3.72. The van der Waals surface area contributed by atoms with E-state index in [1.54, 1.807) is 4.90 Å². The summed E-state index contributed by atoms with van der Waals surface area (Å²) in [7, 11) is 1.86. The number of carbonyl (C=O) groups is 1. The average molecular weight is 273 g/mol. The topological polar surface area (TPSA) is 35.6 Å². The minimum absolute atomic E-state index is 0.175. The van der Waals surface area contributed by atoms with Gasteiger partial charge in [-0.1, -0.05) is 18.2 Å². The summed E-state index contributed by atoms with van der Waals surface area (Å²) in [4.78, 5) is 16.5. The van der Waals surface area contributed by atoms with E-state index in [0.717, 1.165) is 18.8 Å². The second-order valence-corrected chi connectivity index (χ2v) is 5.95. The van der Waals surface area contributed by atoms with Crippen molar-refractivity contribution in [2.75, 3.05) is 31.6 Å². The Labute approximate surface area is 120 Å². The third-order valence-corrected chi connectivity index (χ3v) is 4.48. The lowest BCUT2D eigenvalue weighted by molar-refractivity contribution is -0.119. The molecule has 2 aliphatic heterocycles. The van der Waals surface area contributed by atoms with E-state index in [-0.39, 0.29) is 5.91 Å². The molecule has 1 amide bonds. The molecule has 0 aromatic heterocycles. The molecule has 0 radical (unpaired) electrons. The molecule has 2 unspecified atom stereocenters. The average Bonchev–Trinajstić information content (AvgIpc) is 2.81. The molecule has 0 saturated carbocycles. The quantitative estimate of drug-likeness (QED) is 0.906. The first-order chi connectivity index (χ1) is 9.72. The van der Waals surface area contributed by atoms with Gasteiger partial charge in [0.05, 0.1) is 6.54 Å². The molecular formula is C16H23N3O. The Morgan fingerprint density at radius 1 is 1.25 bits per heavy atom. The zero-order valence-electron chi connectivity index (χ0n) is 12.1. The number of anilines is 1. The molecule has 2 heterocycles. The molecule has 0 aliphatic carbocycles. The smallest absolute Gasteiger partial charge is 0.240 e. The number of amides is 1. The number of nitrogens with zero attached hydrogens (tertiary/aromatic N) is 2. The van der Waals surface area contributed by atoms with Crippen LogP contribution in [0, 0.1) is 0 Å². The number of para-hydroxylation sites is 1. The van der Waals surface area contributed by atoms with Gasteiger partial charge in [-0.2, -0.15) is 0 Å². The van der Waals surface area contributed by atoms with E-state index >= 15 is 0 Å². The van der Waals surface area contributed by atoms with Crippen LogP contribution in [-0.2, 0) is 4.79 Å². The predicted octanol–water partition coefficient (Wildman–Crippen LogP) is 1.48. The van der Waals surface area contributed by atoms with Crippen molar-refractivity contribution < 1.29 is 4.79 Å². The summed E-state index contributed by atoms with van der Waals surface area (Å²) in [5.74, 6) is 0.175. The fourth-order valence-corrected chi connectivity index (χ4v) is 3.25. The number of hydrogen-bond acceptors (Lipinski definition) is 3. The van der Waals surface area contributed by atoms with Crippen molar-refractivity contribution in [1.29, 1.82) is 0 Å². The highest BCUT2D eigenvalue weighted by molar-refractivity contribution is 5.94. The summed E-state index contributed by atoms with van der Waals surface area (Å²) in [5, 5.41) is 3.65. The van der Waals surface area contributed by atoms with Gasteiger partial charge in [-0.05, 0) is 31.4 Å². The van der Waals surface area contributed by atoms with Crippen molar-refractivity contribution in [2.45, 2.75) is 31.3 Å². The van der Waals surface area contributed by atoms with Crippen molar-refractivity contribution >= 4 is 11.6 Å². The maximum absolute atomic E-state index is 12.4. The van der Waals surface area contributed by atoms with Crippen molar-refractivity contribution in [1.82, 2.24) is 10.2 Å². The number of hydrogen-bond donors (Lipinski definition) is 1. The summed E-state index contributed by atoms with van der Waals surface area (Å²) in [6, 6.07) is 11.1. The number of rotatable bonds is 3. The Morgan fingerprint density at radius 2 is 2.00 bits per heavy atom. The molecular weight excluding hydrogens is 250 g/mol. The fraction of sp³-hybridized carbons (Fsp3) is 0.562. The Balaban J connectivity index is 1.58. The molecule has 2 bridgehead atoms. The van der Waals surface area contributed by atoms with Crippen LogP contribution >= 0.6 is 0 Å². The van der Waals surface area contributed by atoms with Crippen molar-refractivity contribution in [3.8, 4) is 0 Å². The molecule has 2 atom stereocenters. The van der Waals surface area contributed by atoms with Gasteiger partial charge in [0.2, 0.25) is 5.91 Å². The van der Waals surface area contributed by atoms with Crippen LogP contribution in [0.5, 0.6) is 0 Å². The van der Waals surface area contributed by atoms with E-state index in [1.165, 1.54) is 19.3 Å². The van der Waals surface area contributed by atoms with Gasteiger partial charge in [-0.25, -0.2) is 0 Å². The van der Waals surface area contributed by atoms with E-state index < -0.39 is 0 Å². The zero-order valence-corrected chi connectivity index (χ0v) is 12.1. The molecule has 3 rings (SSSR count). The summed E-state index contributed by atoms with van der Waals surface area (Å²) >= 11 is 0. The van der Waals surface area contributed by atoms with Crippen LogP contribution in [0.4, 0.5) is 5.69 Å². The van der Waals surface area contributed by atoms with Crippen LogP contribution in [0.1, 0.15) is 19.3 Å². The molecule has 0 spiro atoms. The normalized spacial score (nSPS) is 26.2. The van der Waals surface area contributed by atoms with Gasteiger partial charge >= 0.3 is 0 Å². The number of fused-ring (bicyclic) bond motifs is 2. The molecule has 2 saturated heterocycles. The van der Waals surface area contributed by atoms with E-state index in [4.69, 9.17) is 0 Å². The van der Waals surface area contributed by atoms with Crippen molar-refractivity contribution in [2.24, 2.45) is 0 Å². The standard InChI is InChI=1S/C16H23N3O/c1-18(15-5-3-2-4-6-15)16(20)12-19-10-9-13-7-8-14(11-19)17-13/h2-6,13-14,17H,7-12H2,1H3. The zero-order chi connectivity index (χ0) is 13.9. The molecule has 2 aliphatic rings. The van der Waals surface area contributed by atoms with Crippen LogP contribution < -0.4 is 10.2 Å². The molecule has 4 nitrogen and oxygen atoms in total. The molecule has 2 fully saturated rings. The molecule has 1 aromatic rings. The predicted molar refractivity (Wildman–Crippen MR) is 80.9 cm³/mol. The lowest BCUT2D eigenvalue weighted by Crippen LogP contribution is -2.42. The van der Waals surface area contributed by atoms with E-state index in [2.05, 4.69) is 10.2 Å². The van der Waals surface area contributed by atoms with Crippen molar-refractivity contribution in [3.05, 3.63) is 30.3 Å². The van der Waals surface area contributed by atoms with Gasteiger partial charge in [-0.15, -0.1) is 0 Å². The number of likely N-dealkylation sites (N-methyl/N-ethyl adjacent to an activating group) is 1. The Bertz CT molecular complexity index is 462. The molecule has 1 aromatic carbocycles. The third-order valence-electron chi connectivity index (χ3n) is 4.48. The van der Waals surface area contributed by atoms with Gasteiger partial charge in [0.15, 0.2) is 0 Å². The van der Waals surface area contributed by atoms with Crippen LogP contribution in [0.2, 0.25) is 0 Å². The van der Waals surface area contributed by atoms with Crippen LogP contribution in [0.15, 0.2) is 30.3 Å². The fourth-order valence-electron chi connectivity index (χ4n) is 3.25. The Hall–Kier alpha value is -1.39. The maximum Gasteiger partial charge on any atom is 0.240 e. The highest BCUT2D eigenvalue weighted by Gasteiger charge is 2.30. The number of nitrogens with one attached hydrogen (secondary N) is 1. The molecule has 1 N–H and O–H groups in total. The molecule has 4 heteroatoms. The summed E-state index contributed by atoms with van der Waals surface area (Å²) in [6.45, 7) is 2.56. The van der Waals surface area contributed by atoms with Gasteiger partial charge in [0.25, 0.3) is 0 Å². The van der Waals surface area contributed by atoms with E-state index in [9.17, 15) is 4.79 Å². The number of benzene rings is 1. The minimum atomic E-state index is 0.175. The Morgan fingerprint density at radius 3 is 2.80 bits per heavy atom. The van der Waals surface area contributed by atoms with Crippen LogP contribution in [0.3, 0.4) is 0 Å². The summed E-state index contributed by atoms with van der Waals surface area (Å²) in [5.41, 5.74) is 0.965. The third kappa shape index (κ3) is 3.02. The number of carbonyl (C=O) groups excluding carboxylic acids is 1. The second-order valence-electron chi connectivity index (χ2n) is 5.95. The van der Waals surface area contributed by atoms with Crippen molar-refractivity contribution in [3.63, 3.8) is 0 Å². The first-order valence-corrected chi connectivity index (χ1v) is 7.52. The largest absolute Gasteiger partial charge is 0.314 e. The second kappa shape index (κ2) is 5.94. The van der Waals surface area contributed by atoms with Gasteiger partial charge in [0, 0.05) is 37.9 Å². The van der Waals surface area contributed by atoms with E-state index in [1.807, 2.05) is 37.4 Å². The van der Waals surface area contributed by atoms with Gasteiger partial charge in [0.1, 0.15) is 0 Å². The van der Waals surface area contributed by atoms with Crippen LogP contribution in [-0.4, -0.2) is 49.6 Å². The Kier molecular flexibility index (Phi) is 4.03. The van der Waals surface area contributed by atoms with Gasteiger partial charge in [-0.3, -0.25) is 9.69 Å². The first-order valence-electron chi connectivity index (χ1n) is 7.52. The minimum Gasteiger partial charge on any atom is -0.314 e.